The highest BCUT2D eigenvalue weighted by atomic mass is 32.2. The number of rotatable bonds is 11. The quantitative estimate of drug-likeness (QED) is 0.339. The molecule has 3 amide bonds. The standard InChI is InChI=1S/C22H41N5O2S/c1-17(2)15-27-13-11-26(12-14-27)10-6-9-23-19(28)8-5-4-7-18-20-22(3,16-30-18)25-21(29)24-20/h17-18,20H,4-16H2,1-3H3,(H,23,28)(H2,24,25,29)/t18-,20+,22-/m0/s1. The fraction of sp³-hybridized carbons (Fsp3) is 0.909. The Labute approximate surface area is 186 Å². The van der Waals surface area contributed by atoms with Gasteiger partial charge in [-0.2, -0.15) is 11.8 Å². The second kappa shape index (κ2) is 11.0. The van der Waals surface area contributed by atoms with E-state index in [2.05, 4.69) is 46.5 Å². The number of urea groups is 1. The molecule has 0 aromatic rings. The maximum atomic E-state index is 12.1. The average molecular weight is 440 g/mol. The molecule has 172 valence electrons. The number of carbonyl (C=O) groups is 2. The Morgan fingerprint density at radius 2 is 1.93 bits per heavy atom. The summed E-state index contributed by atoms with van der Waals surface area (Å²) in [6, 6.07) is 0.181. The van der Waals surface area contributed by atoms with Gasteiger partial charge in [0.15, 0.2) is 0 Å². The van der Waals surface area contributed by atoms with E-state index in [0.717, 1.165) is 63.5 Å². The van der Waals surface area contributed by atoms with Gasteiger partial charge in [-0.05, 0) is 38.6 Å². The Balaban J connectivity index is 1.18. The number of nitrogens with one attached hydrogen (secondary N) is 3. The van der Waals surface area contributed by atoms with Crippen molar-refractivity contribution in [3.05, 3.63) is 0 Å². The molecule has 3 aliphatic rings. The van der Waals surface area contributed by atoms with Gasteiger partial charge >= 0.3 is 6.03 Å². The third-order valence-corrected chi connectivity index (χ3v) is 8.25. The van der Waals surface area contributed by atoms with Crippen LogP contribution in [0, 0.1) is 5.92 Å². The van der Waals surface area contributed by atoms with Gasteiger partial charge in [-0.15, -0.1) is 0 Å². The Bertz CT molecular complexity index is 582. The summed E-state index contributed by atoms with van der Waals surface area (Å²) in [4.78, 5) is 28.8. The highest BCUT2D eigenvalue weighted by Crippen LogP contribution is 2.39. The van der Waals surface area contributed by atoms with Crippen LogP contribution in [0.3, 0.4) is 0 Å². The summed E-state index contributed by atoms with van der Waals surface area (Å²) in [6.45, 7) is 14.4. The van der Waals surface area contributed by atoms with Crippen molar-refractivity contribution >= 4 is 23.7 Å². The van der Waals surface area contributed by atoms with Crippen molar-refractivity contribution in [3.63, 3.8) is 0 Å². The van der Waals surface area contributed by atoms with E-state index in [0.29, 0.717) is 11.7 Å². The molecular weight excluding hydrogens is 398 g/mol. The first-order valence-corrected chi connectivity index (χ1v) is 12.8. The Morgan fingerprint density at radius 3 is 2.67 bits per heavy atom. The van der Waals surface area contributed by atoms with E-state index >= 15 is 0 Å². The molecule has 0 unspecified atom stereocenters. The van der Waals surface area contributed by atoms with Crippen molar-refractivity contribution < 1.29 is 9.59 Å². The van der Waals surface area contributed by atoms with Gasteiger partial charge < -0.3 is 25.8 Å². The second-order valence-electron chi connectivity index (χ2n) is 9.83. The summed E-state index contributed by atoms with van der Waals surface area (Å²) >= 11 is 1.94. The van der Waals surface area contributed by atoms with Gasteiger partial charge in [-0.1, -0.05) is 20.3 Å². The minimum Gasteiger partial charge on any atom is -0.356 e. The first kappa shape index (κ1) is 23.7. The van der Waals surface area contributed by atoms with Gasteiger partial charge in [0.2, 0.25) is 5.91 Å². The lowest BCUT2D eigenvalue weighted by Crippen LogP contribution is -2.47. The zero-order valence-electron chi connectivity index (χ0n) is 19.0. The molecule has 3 atom stereocenters. The maximum Gasteiger partial charge on any atom is 0.315 e. The summed E-state index contributed by atoms with van der Waals surface area (Å²) < 4.78 is 0. The molecule has 3 heterocycles. The van der Waals surface area contributed by atoms with Gasteiger partial charge in [0.1, 0.15) is 0 Å². The van der Waals surface area contributed by atoms with Crippen LogP contribution in [0.25, 0.3) is 0 Å². The van der Waals surface area contributed by atoms with Crippen LogP contribution in [0.2, 0.25) is 0 Å². The van der Waals surface area contributed by atoms with E-state index in [1.165, 1.54) is 19.6 Å². The van der Waals surface area contributed by atoms with Crippen LogP contribution >= 0.6 is 11.8 Å². The van der Waals surface area contributed by atoms with Gasteiger partial charge in [0.25, 0.3) is 0 Å². The van der Waals surface area contributed by atoms with E-state index in [1.807, 2.05) is 11.8 Å². The average Bonchev–Trinajstić information content (AvgIpc) is 3.15. The van der Waals surface area contributed by atoms with Gasteiger partial charge in [-0.3, -0.25) is 4.79 Å². The molecule has 0 saturated carbocycles. The molecule has 3 saturated heterocycles. The minimum absolute atomic E-state index is 0.0374. The number of amides is 3. The van der Waals surface area contributed by atoms with Gasteiger partial charge in [0.05, 0.1) is 11.6 Å². The molecule has 7 nitrogen and oxygen atoms in total. The third-order valence-electron chi connectivity index (χ3n) is 6.55. The van der Waals surface area contributed by atoms with Crippen molar-refractivity contribution in [3.8, 4) is 0 Å². The van der Waals surface area contributed by atoms with Crippen molar-refractivity contribution in [2.45, 2.75) is 69.7 Å². The first-order valence-electron chi connectivity index (χ1n) is 11.8. The molecule has 3 aliphatic heterocycles. The van der Waals surface area contributed by atoms with Crippen molar-refractivity contribution in [1.29, 1.82) is 0 Å². The Morgan fingerprint density at radius 1 is 1.20 bits per heavy atom. The predicted molar refractivity (Wildman–Crippen MR) is 124 cm³/mol. The van der Waals surface area contributed by atoms with Crippen molar-refractivity contribution in [1.82, 2.24) is 25.8 Å². The highest BCUT2D eigenvalue weighted by molar-refractivity contribution is 8.00. The lowest BCUT2D eigenvalue weighted by molar-refractivity contribution is -0.121. The second-order valence-corrected chi connectivity index (χ2v) is 11.1. The monoisotopic (exact) mass is 439 g/mol. The van der Waals surface area contributed by atoms with E-state index in [9.17, 15) is 9.59 Å². The van der Waals surface area contributed by atoms with Gasteiger partial charge in [-0.25, -0.2) is 4.79 Å². The Hall–Kier alpha value is -0.990. The molecule has 0 spiro atoms. The van der Waals surface area contributed by atoms with E-state index in [4.69, 9.17) is 0 Å². The summed E-state index contributed by atoms with van der Waals surface area (Å²) in [5.41, 5.74) is -0.106. The summed E-state index contributed by atoms with van der Waals surface area (Å²) in [6.07, 6.45) is 4.65. The molecule has 3 fully saturated rings. The summed E-state index contributed by atoms with van der Waals surface area (Å²) in [5.74, 6) is 1.88. The van der Waals surface area contributed by atoms with Crippen LogP contribution in [0.15, 0.2) is 0 Å². The topological polar surface area (TPSA) is 76.7 Å². The van der Waals surface area contributed by atoms with Crippen LogP contribution in [0.5, 0.6) is 0 Å². The molecule has 0 aromatic heterocycles. The molecule has 3 N–H and O–H groups in total. The molecule has 0 bridgehead atoms. The molecular formula is C22H41N5O2S. The third kappa shape index (κ3) is 6.76. The molecule has 30 heavy (non-hydrogen) atoms. The van der Waals surface area contributed by atoms with E-state index in [1.54, 1.807) is 0 Å². The maximum absolute atomic E-state index is 12.1. The van der Waals surface area contributed by atoms with Crippen LogP contribution in [0.1, 0.15) is 52.9 Å². The number of carbonyl (C=O) groups excluding carboxylic acids is 2. The molecule has 0 aromatic carbocycles. The van der Waals surface area contributed by atoms with E-state index < -0.39 is 0 Å². The van der Waals surface area contributed by atoms with Gasteiger partial charge in [0, 0.05) is 56.7 Å². The molecule has 0 radical (unpaired) electrons. The fourth-order valence-corrected chi connectivity index (χ4v) is 6.60. The minimum atomic E-state index is -0.106. The SMILES string of the molecule is CC(C)CN1CCN(CCCNC(=O)CCCC[C@@H]2SC[C@]3(C)NC(=O)N[C@H]23)CC1. The number of unbranched alkanes of at least 4 members (excludes halogenated alkanes) is 1. The lowest BCUT2D eigenvalue weighted by atomic mass is 9.92. The molecule has 8 heteroatoms. The number of piperazine rings is 1. The largest absolute Gasteiger partial charge is 0.356 e. The smallest absolute Gasteiger partial charge is 0.315 e. The van der Waals surface area contributed by atoms with Crippen LogP contribution in [0.4, 0.5) is 4.79 Å². The molecule has 3 rings (SSSR count). The summed E-state index contributed by atoms with van der Waals surface area (Å²) in [7, 11) is 0. The first-order chi connectivity index (χ1) is 14.4. The summed E-state index contributed by atoms with van der Waals surface area (Å²) in [5, 5.41) is 9.67. The van der Waals surface area contributed by atoms with Crippen LogP contribution in [-0.4, -0.2) is 90.1 Å². The number of fused-ring (bicyclic) bond motifs is 1. The number of hydrogen-bond donors (Lipinski definition) is 3. The number of nitrogens with zero attached hydrogens (tertiary/aromatic N) is 2. The number of thioether (sulfide) groups is 1. The lowest BCUT2D eigenvalue weighted by Gasteiger charge is -2.35. The zero-order valence-corrected chi connectivity index (χ0v) is 19.9. The molecule has 0 aliphatic carbocycles. The normalized spacial score (nSPS) is 29.7. The predicted octanol–water partition coefficient (Wildman–Crippen LogP) is 1.88. The van der Waals surface area contributed by atoms with Crippen molar-refractivity contribution in [2.75, 3.05) is 51.6 Å². The Kier molecular flexibility index (Phi) is 8.72. The zero-order chi connectivity index (χ0) is 21.6. The van der Waals surface area contributed by atoms with E-state index in [-0.39, 0.29) is 23.5 Å². The van der Waals surface area contributed by atoms with Crippen LogP contribution in [-0.2, 0) is 4.79 Å². The van der Waals surface area contributed by atoms with Crippen LogP contribution < -0.4 is 16.0 Å². The van der Waals surface area contributed by atoms with Crippen molar-refractivity contribution in [2.24, 2.45) is 5.92 Å². The highest BCUT2D eigenvalue weighted by Gasteiger charge is 2.51. The number of hydrogen-bond acceptors (Lipinski definition) is 5. The fourth-order valence-electron chi connectivity index (χ4n) is 4.89.